The highest BCUT2D eigenvalue weighted by Crippen LogP contribution is 2.17. The van der Waals surface area contributed by atoms with Gasteiger partial charge in [0.2, 0.25) is 6.41 Å². The van der Waals surface area contributed by atoms with Gasteiger partial charge in [-0.15, -0.1) is 0 Å². The van der Waals surface area contributed by atoms with E-state index in [1.165, 1.54) is 5.56 Å². The molecule has 2 aromatic heterocycles. The van der Waals surface area contributed by atoms with Gasteiger partial charge in [0.15, 0.2) is 0 Å². The number of amides is 2. The predicted molar refractivity (Wildman–Crippen MR) is 119 cm³/mol. The highest BCUT2D eigenvalue weighted by atomic mass is 16.1. The largest absolute Gasteiger partial charge is 0.357 e. The molecule has 0 saturated carbocycles. The van der Waals surface area contributed by atoms with E-state index in [0.717, 1.165) is 22.5 Å². The van der Waals surface area contributed by atoms with Crippen molar-refractivity contribution in [2.45, 2.75) is 40.3 Å². The van der Waals surface area contributed by atoms with Gasteiger partial charge in [-0.05, 0) is 51.5 Å². The summed E-state index contributed by atoms with van der Waals surface area (Å²) in [7, 11) is 0. The van der Waals surface area contributed by atoms with Crippen LogP contribution < -0.4 is 10.6 Å². The summed E-state index contributed by atoms with van der Waals surface area (Å²) in [4.78, 5) is 30.3. The van der Waals surface area contributed by atoms with Crippen LogP contribution in [-0.2, 0) is 11.3 Å². The third-order valence-electron chi connectivity index (χ3n) is 4.15. The van der Waals surface area contributed by atoms with Crippen LogP contribution in [-0.4, -0.2) is 28.3 Å². The van der Waals surface area contributed by atoms with Crippen molar-refractivity contribution in [3.8, 4) is 11.3 Å². The van der Waals surface area contributed by atoms with Crippen LogP contribution in [0.5, 0.6) is 0 Å². The lowest BCUT2D eigenvalue weighted by Gasteiger charge is -2.06. The molecule has 0 spiro atoms. The summed E-state index contributed by atoms with van der Waals surface area (Å²) >= 11 is 0. The molecule has 0 aliphatic rings. The molecular formula is C24H28N4O2. The molecule has 2 N–H and O–H groups in total. The number of carbonyl (C=O) groups excluding carboxylic acids is 2. The fourth-order valence-electron chi connectivity index (χ4n) is 2.50. The normalized spacial score (nSPS) is 10.0. The summed E-state index contributed by atoms with van der Waals surface area (Å²) in [6.45, 7) is 8.18. The maximum absolute atomic E-state index is 12.1. The van der Waals surface area contributed by atoms with E-state index in [2.05, 4.69) is 51.8 Å². The second-order valence-corrected chi connectivity index (χ2v) is 7.20. The summed E-state index contributed by atoms with van der Waals surface area (Å²) in [6.07, 6.45) is 2.49. The van der Waals surface area contributed by atoms with Crippen LogP contribution in [0.4, 0.5) is 0 Å². The topological polar surface area (TPSA) is 84.0 Å². The maximum atomic E-state index is 12.1. The monoisotopic (exact) mass is 404 g/mol. The quantitative estimate of drug-likeness (QED) is 0.612. The second-order valence-electron chi connectivity index (χ2n) is 7.20. The molecule has 30 heavy (non-hydrogen) atoms. The van der Waals surface area contributed by atoms with Crippen LogP contribution in [0.25, 0.3) is 11.3 Å². The van der Waals surface area contributed by atoms with Crippen LogP contribution in [0.15, 0.2) is 60.8 Å². The number of carbonyl (C=O) groups is 2. The van der Waals surface area contributed by atoms with Crippen LogP contribution in [0.1, 0.15) is 41.2 Å². The van der Waals surface area contributed by atoms with Crippen LogP contribution >= 0.6 is 0 Å². The smallest absolute Gasteiger partial charge is 0.270 e. The highest BCUT2D eigenvalue weighted by Gasteiger charge is 2.07. The maximum Gasteiger partial charge on any atom is 0.270 e. The zero-order chi connectivity index (χ0) is 21.9. The van der Waals surface area contributed by atoms with Gasteiger partial charge in [-0.2, -0.15) is 0 Å². The van der Waals surface area contributed by atoms with Gasteiger partial charge < -0.3 is 10.6 Å². The summed E-state index contributed by atoms with van der Waals surface area (Å²) < 4.78 is 0. The van der Waals surface area contributed by atoms with Crippen molar-refractivity contribution in [1.82, 2.24) is 20.6 Å². The van der Waals surface area contributed by atoms with E-state index < -0.39 is 0 Å². The zero-order valence-electron chi connectivity index (χ0n) is 17.8. The Kier molecular flexibility index (Phi) is 8.69. The molecule has 2 heterocycles. The minimum absolute atomic E-state index is 0.179. The van der Waals surface area contributed by atoms with Gasteiger partial charge in [0.1, 0.15) is 5.69 Å². The molecule has 3 aromatic rings. The standard InChI is InChI=1S/C20H19N3O.C4H9NO/c1-14-6-9-17(10-7-14)18-11-8-16(12-21-18)13-22-20(24)19-5-3-4-15(2)23-19;1-4(2)5-3-6/h3-12H,13H2,1-2H3,(H,22,24);3-4H,1-2H3,(H,5,6). The van der Waals surface area contributed by atoms with Gasteiger partial charge in [0.05, 0.1) is 5.69 Å². The molecule has 156 valence electrons. The molecule has 0 aliphatic carbocycles. The minimum Gasteiger partial charge on any atom is -0.357 e. The lowest BCUT2D eigenvalue weighted by Crippen LogP contribution is -2.24. The van der Waals surface area contributed by atoms with Gasteiger partial charge in [0, 0.05) is 30.0 Å². The van der Waals surface area contributed by atoms with Gasteiger partial charge in [0.25, 0.3) is 5.91 Å². The molecule has 6 heteroatoms. The van der Waals surface area contributed by atoms with Crippen molar-refractivity contribution in [1.29, 1.82) is 0 Å². The third-order valence-corrected chi connectivity index (χ3v) is 4.15. The summed E-state index contributed by atoms with van der Waals surface area (Å²) in [5.74, 6) is -0.179. The van der Waals surface area contributed by atoms with Crippen molar-refractivity contribution < 1.29 is 9.59 Å². The Morgan fingerprint density at radius 1 is 1.03 bits per heavy atom. The predicted octanol–water partition coefficient (Wildman–Crippen LogP) is 3.83. The van der Waals surface area contributed by atoms with Crippen molar-refractivity contribution in [2.24, 2.45) is 0 Å². The number of hydrogen-bond donors (Lipinski definition) is 2. The number of aryl methyl sites for hydroxylation is 2. The highest BCUT2D eigenvalue weighted by molar-refractivity contribution is 5.92. The molecule has 3 rings (SSSR count). The molecule has 0 bridgehead atoms. The lowest BCUT2D eigenvalue weighted by molar-refractivity contribution is -0.109. The number of hydrogen-bond acceptors (Lipinski definition) is 4. The van der Waals surface area contributed by atoms with Crippen molar-refractivity contribution >= 4 is 12.3 Å². The first-order valence-electron chi connectivity index (χ1n) is 9.82. The molecule has 0 unspecified atom stereocenters. The summed E-state index contributed by atoms with van der Waals surface area (Å²) in [6, 6.07) is 17.9. The van der Waals surface area contributed by atoms with Crippen LogP contribution in [0.2, 0.25) is 0 Å². The van der Waals surface area contributed by atoms with Crippen molar-refractivity contribution in [3.63, 3.8) is 0 Å². The molecule has 0 radical (unpaired) electrons. The van der Waals surface area contributed by atoms with E-state index in [-0.39, 0.29) is 11.9 Å². The van der Waals surface area contributed by atoms with Crippen LogP contribution in [0.3, 0.4) is 0 Å². The molecule has 1 aromatic carbocycles. The number of rotatable bonds is 6. The van der Waals surface area contributed by atoms with E-state index in [9.17, 15) is 9.59 Å². The number of benzene rings is 1. The Labute approximate surface area is 177 Å². The van der Waals surface area contributed by atoms with Crippen molar-refractivity contribution in [3.05, 3.63) is 83.3 Å². The average Bonchev–Trinajstić information content (AvgIpc) is 2.73. The fraction of sp³-hybridized carbons (Fsp3) is 0.250. The van der Waals surface area contributed by atoms with E-state index in [0.29, 0.717) is 18.6 Å². The van der Waals surface area contributed by atoms with E-state index in [4.69, 9.17) is 0 Å². The van der Waals surface area contributed by atoms with E-state index in [1.54, 1.807) is 12.3 Å². The number of nitrogens with zero attached hydrogens (tertiary/aromatic N) is 2. The SMILES string of the molecule is CC(C)NC=O.Cc1ccc(-c2ccc(CNC(=O)c3cccc(C)n3)cn2)cc1. The first-order chi connectivity index (χ1) is 14.4. The Bertz CT molecular complexity index is 952. The summed E-state index contributed by atoms with van der Waals surface area (Å²) in [5, 5.41) is 5.40. The first kappa shape index (κ1) is 22.7. The average molecular weight is 405 g/mol. The Morgan fingerprint density at radius 3 is 2.30 bits per heavy atom. The van der Waals surface area contributed by atoms with E-state index in [1.807, 2.05) is 45.0 Å². The van der Waals surface area contributed by atoms with Gasteiger partial charge in [-0.1, -0.05) is 42.0 Å². The van der Waals surface area contributed by atoms with E-state index >= 15 is 0 Å². The Balaban J connectivity index is 0.000000469. The molecule has 0 aliphatic heterocycles. The second kappa shape index (κ2) is 11.5. The molecule has 0 fully saturated rings. The van der Waals surface area contributed by atoms with Crippen LogP contribution in [0, 0.1) is 13.8 Å². The molecule has 2 amide bonds. The Hall–Kier alpha value is -3.54. The zero-order valence-corrected chi connectivity index (χ0v) is 17.8. The van der Waals surface area contributed by atoms with Gasteiger partial charge in [-0.3, -0.25) is 14.6 Å². The molecular weight excluding hydrogens is 376 g/mol. The molecule has 0 saturated heterocycles. The number of pyridine rings is 2. The van der Waals surface area contributed by atoms with Gasteiger partial charge in [-0.25, -0.2) is 4.98 Å². The summed E-state index contributed by atoms with van der Waals surface area (Å²) in [5.41, 5.74) is 5.44. The van der Waals surface area contributed by atoms with Gasteiger partial charge >= 0.3 is 0 Å². The Morgan fingerprint density at radius 2 is 1.77 bits per heavy atom. The first-order valence-corrected chi connectivity index (χ1v) is 9.82. The third kappa shape index (κ3) is 7.47. The lowest BCUT2D eigenvalue weighted by atomic mass is 10.1. The number of aromatic nitrogens is 2. The molecule has 0 atom stereocenters. The number of nitrogens with one attached hydrogen (secondary N) is 2. The fourth-order valence-corrected chi connectivity index (χ4v) is 2.50. The minimum atomic E-state index is -0.179. The van der Waals surface area contributed by atoms with Crippen molar-refractivity contribution in [2.75, 3.05) is 0 Å². The molecule has 6 nitrogen and oxygen atoms in total.